The minimum atomic E-state index is -0.238. The van der Waals surface area contributed by atoms with Crippen LogP contribution in [0, 0.1) is 0 Å². The van der Waals surface area contributed by atoms with E-state index in [1.54, 1.807) is 18.2 Å². The number of hydrogen-bond acceptors (Lipinski definition) is 4. The maximum atomic E-state index is 12.2. The normalized spacial score (nSPS) is 22.4. The van der Waals surface area contributed by atoms with Gasteiger partial charge in [0.2, 0.25) is 0 Å². The van der Waals surface area contributed by atoms with Gasteiger partial charge in [-0.2, -0.15) is 11.8 Å². The largest absolute Gasteiger partial charge is 0.505 e. The molecule has 1 aliphatic carbocycles. The minimum Gasteiger partial charge on any atom is -0.505 e. The lowest BCUT2D eigenvalue weighted by Crippen LogP contribution is -2.38. The number of para-hydroxylation sites is 1. The summed E-state index contributed by atoms with van der Waals surface area (Å²) in [6.07, 6.45) is 3.30. The van der Waals surface area contributed by atoms with Crippen molar-refractivity contribution < 1.29 is 9.90 Å². The molecule has 1 fully saturated rings. The molecule has 1 aromatic carbocycles. The van der Waals surface area contributed by atoms with Gasteiger partial charge in [0.25, 0.3) is 5.91 Å². The average molecular weight is 280 g/mol. The molecule has 1 saturated carbocycles. The Bertz CT molecular complexity index is 465. The molecule has 5 heteroatoms. The first-order valence-electron chi connectivity index (χ1n) is 6.63. The number of benzene rings is 1. The van der Waals surface area contributed by atoms with Gasteiger partial charge in [-0.3, -0.25) is 4.79 Å². The number of aromatic hydroxyl groups is 1. The Kier molecular flexibility index (Phi) is 4.58. The molecule has 1 amide bonds. The van der Waals surface area contributed by atoms with Crippen molar-refractivity contribution in [1.82, 2.24) is 5.32 Å². The summed E-state index contributed by atoms with van der Waals surface area (Å²) < 4.78 is 0. The molecule has 4 nitrogen and oxygen atoms in total. The van der Waals surface area contributed by atoms with E-state index in [9.17, 15) is 9.90 Å². The number of phenolic OH excluding ortho intramolecular Hbond substituents is 1. The van der Waals surface area contributed by atoms with Gasteiger partial charge in [-0.05, 0) is 30.7 Å². The Morgan fingerprint density at radius 1 is 1.53 bits per heavy atom. The fourth-order valence-electron chi connectivity index (χ4n) is 2.50. The molecule has 0 aromatic heterocycles. The molecule has 104 valence electrons. The Balaban J connectivity index is 2.06. The number of hydrogen-bond donors (Lipinski definition) is 3. The molecule has 2 rings (SSSR count). The predicted octanol–water partition coefficient (Wildman–Crippen LogP) is 2.38. The molecule has 0 heterocycles. The third-order valence-corrected chi connectivity index (χ3v) is 4.79. The lowest BCUT2D eigenvalue weighted by Gasteiger charge is -2.20. The van der Waals surface area contributed by atoms with Crippen LogP contribution in [0.5, 0.6) is 5.75 Å². The Morgan fingerprint density at radius 2 is 2.32 bits per heavy atom. The van der Waals surface area contributed by atoms with E-state index in [1.165, 1.54) is 0 Å². The van der Waals surface area contributed by atoms with Crippen LogP contribution in [-0.4, -0.2) is 28.1 Å². The highest BCUT2D eigenvalue weighted by molar-refractivity contribution is 7.99. The van der Waals surface area contributed by atoms with E-state index in [1.807, 2.05) is 11.8 Å². The summed E-state index contributed by atoms with van der Waals surface area (Å²) in [7, 11) is 0. The summed E-state index contributed by atoms with van der Waals surface area (Å²) in [6, 6.07) is 5.05. The van der Waals surface area contributed by atoms with E-state index >= 15 is 0 Å². The first-order chi connectivity index (χ1) is 9.13. The number of nitrogens with one attached hydrogen (secondary N) is 1. The maximum absolute atomic E-state index is 12.2. The van der Waals surface area contributed by atoms with Crippen molar-refractivity contribution in [3.63, 3.8) is 0 Å². The second kappa shape index (κ2) is 6.19. The third-order valence-electron chi connectivity index (χ3n) is 3.46. The van der Waals surface area contributed by atoms with E-state index < -0.39 is 0 Å². The summed E-state index contributed by atoms with van der Waals surface area (Å²) in [5.41, 5.74) is 6.10. The summed E-state index contributed by atoms with van der Waals surface area (Å²) in [4.78, 5) is 12.2. The standard InChI is InChI=1S/C14H20N2O2S/c1-2-19-12-8-4-7-11(12)16-14(18)9-5-3-6-10(15)13(9)17/h3,5-6,11-12,17H,2,4,7-8,15H2,1H3,(H,16,18). The van der Waals surface area contributed by atoms with E-state index in [4.69, 9.17) is 5.73 Å². The summed E-state index contributed by atoms with van der Waals surface area (Å²) in [6.45, 7) is 2.13. The number of thioether (sulfide) groups is 1. The third kappa shape index (κ3) is 3.15. The van der Waals surface area contributed by atoms with E-state index in [0.29, 0.717) is 5.25 Å². The lowest BCUT2D eigenvalue weighted by atomic mass is 10.1. The molecule has 4 N–H and O–H groups in total. The SMILES string of the molecule is CCSC1CCCC1NC(=O)c1cccc(N)c1O. The van der Waals surface area contributed by atoms with E-state index in [0.717, 1.165) is 25.0 Å². The van der Waals surface area contributed by atoms with Gasteiger partial charge in [0.05, 0.1) is 11.3 Å². The zero-order valence-corrected chi connectivity index (χ0v) is 11.9. The quantitative estimate of drug-likeness (QED) is 0.584. The topological polar surface area (TPSA) is 75.4 Å². The molecule has 0 radical (unpaired) electrons. The zero-order valence-electron chi connectivity index (χ0n) is 11.1. The summed E-state index contributed by atoms with van der Waals surface area (Å²) in [5.74, 6) is 0.691. The van der Waals surface area contributed by atoms with Crippen LogP contribution in [0.1, 0.15) is 36.5 Å². The van der Waals surface area contributed by atoms with Crippen LogP contribution in [0.3, 0.4) is 0 Å². The smallest absolute Gasteiger partial charge is 0.255 e. The van der Waals surface area contributed by atoms with Crippen LogP contribution in [0.25, 0.3) is 0 Å². The number of amides is 1. The molecule has 0 aliphatic heterocycles. The first-order valence-corrected chi connectivity index (χ1v) is 7.68. The molecule has 19 heavy (non-hydrogen) atoms. The van der Waals surface area contributed by atoms with Crippen LogP contribution in [0.15, 0.2) is 18.2 Å². The second-order valence-electron chi connectivity index (χ2n) is 4.75. The average Bonchev–Trinajstić information content (AvgIpc) is 2.80. The van der Waals surface area contributed by atoms with E-state index in [-0.39, 0.29) is 28.9 Å². The predicted molar refractivity (Wildman–Crippen MR) is 79.5 cm³/mol. The Morgan fingerprint density at radius 3 is 3.05 bits per heavy atom. The highest BCUT2D eigenvalue weighted by atomic mass is 32.2. The highest BCUT2D eigenvalue weighted by Gasteiger charge is 2.29. The zero-order chi connectivity index (χ0) is 13.8. The van der Waals surface area contributed by atoms with Crippen LogP contribution in [-0.2, 0) is 0 Å². The van der Waals surface area contributed by atoms with Crippen molar-refractivity contribution in [3.8, 4) is 5.75 Å². The number of nitrogens with two attached hydrogens (primary N) is 1. The maximum Gasteiger partial charge on any atom is 0.255 e. The Hall–Kier alpha value is -1.36. The minimum absolute atomic E-state index is 0.127. The van der Waals surface area contributed by atoms with Crippen molar-refractivity contribution in [3.05, 3.63) is 23.8 Å². The van der Waals surface area contributed by atoms with Crippen molar-refractivity contribution in [2.45, 2.75) is 37.5 Å². The fourth-order valence-corrected chi connectivity index (χ4v) is 3.69. The van der Waals surface area contributed by atoms with Gasteiger partial charge in [-0.25, -0.2) is 0 Å². The van der Waals surface area contributed by atoms with E-state index in [2.05, 4.69) is 12.2 Å². The monoisotopic (exact) mass is 280 g/mol. The molecule has 2 atom stereocenters. The highest BCUT2D eigenvalue weighted by Crippen LogP contribution is 2.31. The molecular formula is C14H20N2O2S. The number of carbonyl (C=O) groups excluding carboxylic acids is 1. The van der Waals surface area contributed by atoms with Gasteiger partial charge in [-0.15, -0.1) is 0 Å². The van der Waals surface area contributed by atoms with Gasteiger partial charge >= 0.3 is 0 Å². The molecule has 2 unspecified atom stereocenters. The molecule has 0 bridgehead atoms. The van der Waals surface area contributed by atoms with Crippen LogP contribution in [0.4, 0.5) is 5.69 Å². The van der Waals surface area contributed by atoms with Crippen LogP contribution in [0.2, 0.25) is 0 Å². The number of carbonyl (C=O) groups is 1. The second-order valence-corrected chi connectivity index (χ2v) is 6.26. The molecule has 0 saturated heterocycles. The van der Waals surface area contributed by atoms with Crippen molar-refractivity contribution in [2.75, 3.05) is 11.5 Å². The van der Waals surface area contributed by atoms with Crippen molar-refractivity contribution >= 4 is 23.4 Å². The summed E-state index contributed by atoms with van der Waals surface area (Å²) in [5, 5.41) is 13.3. The molecular weight excluding hydrogens is 260 g/mol. The summed E-state index contributed by atoms with van der Waals surface area (Å²) >= 11 is 1.89. The van der Waals surface area contributed by atoms with Crippen LogP contribution >= 0.6 is 11.8 Å². The van der Waals surface area contributed by atoms with Crippen molar-refractivity contribution in [1.29, 1.82) is 0 Å². The Labute approximate surface area is 117 Å². The van der Waals surface area contributed by atoms with Gasteiger partial charge in [0, 0.05) is 11.3 Å². The number of anilines is 1. The van der Waals surface area contributed by atoms with Gasteiger partial charge in [0.1, 0.15) is 0 Å². The molecule has 0 spiro atoms. The van der Waals surface area contributed by atoms with Gasteiger partial charge < -0.3 is 16.2 Å². The molecule has 1 aliphatic rings. The van der Waals surface area contributed by atoms with Crippen molar-refractivity contribution in [2.24, 2.45) is 0 Å². The number of rotatable bonds is 4. The number of phenols is 1. The number of nitrogen functional groups attached to an aromatic ring is 1. The van der Waals surface area contributed by atoms with Crippen LogP contribution < -0.4 is 11.1 Å². The van der Waals surface area contributed by atoms with Gasteiger partial charge in [-0.1, -0.05) is 19.4 Å². The van der Waals surface area contributed by atoms with Gasteiger partial charge in [0.15, 0.2) is 5.75 Å². The first kappa shape index (κ1) is 14.1. The fraction of sp³-hybridized carbons (Fsp3) is 0.500. The lowest BCUT2D eigenvalue weighted by molar-refractivity contribution is 0.0936. The molecule has 1 aromatic rings.